The predicted octanol–water partition coefficient (Wildman–Crippen LogP) is 5.02. The third-order valence-corrected chi connectivity index (χ3v) is 5.80. The molecule has 3 aromatic rings. The molecule has 3 rings (SSSR count). The van der Waals surface area contributed by atoms with Crippen LogP contribution in [0.5, 0.6) is 5.75 Å². The second-order valence-corrected chi connectivity index (χ2v) is 8.72. The van der Waals surface area contributed by atoms with Crippen molar-refractivity contribution in [3.8, 4) is 5.75 Å². The highest BCUT2D eigenvalue weighted by Gasteiger charge is 2.15. The maximum Gasteiger partial charge on any atom is 0.329 e. The smallest absolute Gasteiger partial charge is 0.329 e. The number of carbonyl (C=O) groups is 3. The Morgan fingerprint density at radius 3 is 2.25 bits per heavy atom. The molecule has 0 bridgehead atoms. The molecule has 0 atom stereocenters. The monoisotopic (exact) mass is 526 g/mol. The van der Waals surface area contributed by atoms with Crippen molar-refractivity contribution < 1.29 is 19.1 Å². The molecular weight excluding hydrogens is 503 g/mol. The van der Waals surface area contributed by atoms with Gasteiger partial charge in [0, 0.05) is 5.69 Å². The van der Waals surface area contributed by atoms with Gasteiger partial charge in [-0.05, 0) is 73.9 Å². The first-order valence-electron chi connectivity index (χ1n) is 10.8. The Morgan fingerprint density at radius 1 is 0.917 bits per heavy atom. The van der Waals surface area contributed by atoms with Gasteiger partial charge in [-0.2, -0.15) is 5.10 Å². The summed E-state index contributed by atoms with van der Waals surface area (Å²) in [5.74, 6) is -1.71. The van der Waals surface area contributed by atoms with Gasteiger partial charge in [0.25, 0.3) is 5.91 Å². The largest absolute Gasteiger partial charge is 0.484 e. The highest BCUT2D eigenvalue weighted by Crippen LogP contribution is 2.29. The summed E-state index contributed by atoms with van der Waals surface area (Å²) in [5.41, 5.74) is 6.87. The number of rotatable bonds is 7. The molecule has 36 heavy (non-hydrogen) atoms. The molecule has 3 amide bonds. The van der Waals surface area contributed by atoms with E-state index in [0.717, 1.165) is 22.4 Å². The Labute approximate surface area is 218 Å². The second-order valence-electron chi connectivity index (χ2n) is 7.93. The SMILES string of the molecule is Cc1cc(C)c(NC(=O)COc2ccc(/C=N\NC(=O)C(=O)Nc3cccc(Cl)c3Cl)cc2)c(C)c1. The molecule has 0 radical (unpaired) electrons. The van der Waals surface area contributed by atoms with Crippen LogP contribution in [0.25, 0.3) is 0 Å². The molecule has 0 aromatic heterocycles. The third kappa shape index (κ3) is 7.31. The number of anilines is 2. The second kappa shape index (κ2) is 12.2. The summed E-state index contributed by atoms with van der Waals surface area (Å²) < 4.78 is 5.55. The lowest BCUT2D eigenvalue weighted by Crippen LogP contribution is -2.32. The quantitative estimate of drug-likeness (QED) is 0.228. The first-order valence-corrected chi connectivity index (χ1v) is 11.6. The Balaban J connectivity index is 1.47. The molecule has 3 N–H and O–H groups in total. The molecule has 0 spiro atoms. The molecule has 0 fully saturated rings. The average molecular weight is 527 g/mol. The van der Waals surface area contributed by atoms with Crippen molar-refractivity contribution in [2.24, 2.45) is 5.10 Å². The number of hydrogen-bond acceptors (Lipinski definition) is 5. The lowest BCUT2D eigenvalue weighted by atomic mass is 10.1. The molecule has 10 heteroatoms. The fourth-order valence-corrected chi connectivity index (χ4v) is 3.70. The van der Waals surface area contributed by atoms with Crippen molar-refractivity contribution in [1.82, 2.24) is 5.43 Å². The number of amides is 3. The molecule has 0 saturated carbocycles. The summed E-state index contributed by atoms with van der Waals surface area (Å²) in [7, 11) is 0. The van der Waals surface area contributed by atoms with Crippen molar-refractivity contribution in [2.45, 2.75) is 20.8 Å². The van der Waals surface area contributed by atoms with Gasteiger partial charge in [-0.15, -0.1) is 0 Å². The summed E-state index contributed by atoms with van der Waals surface area (Å²) in [6, 6.07) is 15.4. The molecule has 3 aromatic carbocycles. The van der Waals surface area contributed by atoms with Crippen LogP contribution in [-0.2, 0) is 14.4 Å². The van der Waals surface area contributed by atoms with Crippen molar-refractivity contribution in [2.75, 3.05) is 17.2 Å². The van der Waals surface area contributed by atoms with E-state index in [4.69, 9.17) is 27.9 Å². The minimum atomic E-state index is -0.979. The van der Waals surface area contributed by atoms with Crippen LogP contribution in [0.15, 0.2) is 59.7 Å². The van der Waals surface area contributed by atoms with Crippen molar-refractivity contribution in [1.29, 1.82) is 0 Å². The summed E-state index contributed by atoms with van der Waals surface area (Å²) in [6.45, 7) is 5.75. The van der Waals surface area contributed by atoms with Crippen LogP contribution in [-0.4, -0.2) is 30.5 Å². The Kier molecular flexibility index (Phi) is 9.05. The lowest BCUT2D eigenvalue weighted by Gasteiger charge is -2.13. The van der Waals surface area contributed by atoms with Gasteiger partial charge in [-0.1, -0.05) is 47.0 Å². The maximum absolute atomic E-state index is 12.3. The van der Waals surface area contributed by atoms with E-state index < -0.39 is 11.8 Å². The van der Waals surface area contributed by atoms with Crippen LogP contribution in [0.3, 0.4) is 0 Å². The molecule has 0 heterocycles. The Morgan fingerprint density at radius 2 is 1.58 bits per heavy atom. The van der Waals surface area contributed by atoms with Gasteiger partial charge in [-0.25, -0.2) is 5.43 Å². The highest BCUT2D eigenvalue weighted by atomic mass is 35.5. The zero-order valence-electron chi connectivity index (χ0n) is 19.8. The standard InChI is InChI=1S/C26H24Cl2N4O4/c1-15-11-16(2)24(17(3)12-15)31-22(33)14-36-19-9-7-18(8-10-19)13-29-32-26(35)25(34)30-21-6-4-5-20(27)23(21)28/h4-13H,14H2,1-3H3,(H,30,34)(H,31,33)(H,32,35)/b29-13-. The zero-order chi connectivity index (χ0) is 26.2. The molecule has 0 unspecified atom stereocenters. The third-order valence-electron chi connectivity index (χ3n) is 4.98. The van der Waals surface area contributed by atoms with E-state index in [1.807, 2.05) is 32.9 Å². The van der Waals surface area contributed by atoms with Crippen LogP contribution >= 0.6 is 23.2 Å². The first-order chi connectivity index (χ1) is 17.1. The molecule has 0 aliphatic carbocycles. The number of ether oxygens (including phenoxy) is 1. The normalized spacial score (nSPS) is 10.7. The summed E-state index contributed by atoms with van der Waals surface area (Å²) in [5, 5.41) is 9.39. The van der Waals surface area contributed by atoms with Crippen LogP contribution in [0.2, 0.25) is 10.0 Å². The fraction of sp³-hybridized carbons (Fsp3) is 0.154. The predicted molar refractivity (Wildman–Crippen MR) is 142 cm³/mol. The van der Waals surface area contributed by atoms with E-state index >= 15 is 0 Å². The van der Waals surface area contributed by atoms with Crippen molar-refractivity contribution in [3.63, 3.8) is 0 Å². The van der Waals surface area contributed by atoms with Crippen molar-refractivity contribution >= 4 is 58.5 Å². The van der Waals surface area contributed by atoms with E-state index in [2.05, 4.69) is 21.2 Å². The molecule has 0 aliphatic rings. The summed E-state index contributed by atoms with van der Waals surface area (Å²) >= 11 is 11.9. The molecule has 0 saturated heterocycles. The lowest BCUT2D eigenvalue weighted by molar-refractivity contribution is -0.136. The summed E-state index contributed by atoms with van der Waals surface area (Å²) in [6.07, 6.45) is 1.36. The number of carbonyl (C=O) groups excluding carboxylic acids is 3. The van der Waals surface area contributed by atoms with E-state index in [1.165, 1.54) is 12.3 Å². The van der Waals surface area contributed by atoms with E-state index in [1.54, 1.807) is 36.4 Å². The number of halogens is 2. The number of hydrazone groups is 1. The maximum atomic E-state index is 12.3. The zero-order valence-corrected chi connectivity index (χ0v) is 21.3. The van der Waals surface area contributed by atoms with Gasteiger partial charge in [0.1, 0.15) is 5.75 Å². The molecular formula is C26H24Cl2N4O4. The topological polar surface area (TPSA) is 109 Å². The highest BCUT2D eigenvalue weighted by molar-refractivity contribution is 6.45. The van der Waals surface area contributed by atoms with E-state index in [9.17, 15) is 14.4 Å². The van der Waals surface area contributed by atoms with Gasteiger partial charge in [0.2, 0.25) is 0 Å². The number of benzene rings is 3. The number of nitrogens with zero attached hydrogens (tertiary/aromatic N) is 1. The minimum Gasteiger partial charge on any atom is -0.484 e. The number of nitrogens with one attached hydrogen (secondary N) is 3. The Hall–Kier alpha value is -3.88. The van der Waals surface area contributed by atoms with Crippen LogP contribution < -0.4 is 20.8 Å². The summed E-state index contributed by atoms with van der Waals surface area (Å²) in [4.78, 5) is 36.3. The molecule has 0 aliphatic heterocycles. The van der Waals surface area contributed by atoms with Gasteiger partial charge >= 0.3 is 11.8 Å². The van der Waals surface area contributed by atoms with Crippen LogP contribution in [0.4, 0.5) is 11.4 Å². The minimum absolute atomic E-state index is 0.129. The molecule has 8 nitrogen and oxygen atoms in total. The van der Waals surface area contributed by atoms with E-state index in [0.29, 0.717) is 11.3 Å². The number of hydrogen-bond donors (Lipinski definition) is 3. The average Bonchev–Trinajstić information content (AvgIpc) is 2.83. The first kappa shape index (κ1) is 26.7. The number of aryl methyl sites for hydroxylation is 3. The Bertz CT molecular complexity index is 1300. The van der Waals surface area contributed by atoms with Crippen LogP contribution in [0.1, 0.15) is 22.3 Å². The fourth-order valence-electron chi connectivity index (χ4n) is 3.35. The van der Waals surface area contributed by atoms with Gasteiger partial charge in [0.15, 0.2) is 6.61 Å². The van der Waals surface area contributed by atoms with Gasteiger partial charge in [-0.3, -0.25) is 14.4 Å². The van der Waals surface area contributed by atoms with Crippen molar-refractivity contribution in [3.05, 3.63) is 86.9 Å². The van der Waals surface area contributed by atoms with Gasteiger partial charge in [0.05, 0.1) is 21.9 Å². The van der Waals surface area contributed by atoms with Crippen LogP contribution in [0, 0.1) is 20.8 Å². The van der Waals surface area contributed by atoms with Gasteiger partial charge < -0.3 is 15.4 Å². The molecule has 186 valence electrons. The van der Waals surface area contributed by atoms with E-state index in [-0.39, 0.29) is 28.2 Å².